The molecular formula is C26H40O2S2. The lowest BCUT2D eigenvalue weighted by molar-refractivity contribution is -0.148. The first-order valence-electron chi connectivity index (χ1n) is 12.4. The number of ether oxygens (including phenoxy) is 1. The van der Waals surface area contributed by atoms with E-state index in [1.807, 2.05) is 0 Å². The van der Waals surface area contributed by atoms with Crippen molar-refractivity contribution in [1.29, 1.82) is 0 Å². The van der Waals surface area contributed by atoms with Gasteiger partial charge in [0, 0.05) is 13.3 Å². The molecule has 0 amide bonds. The molecule has 0 spiro atoms. The molecule has 4 aliphatic carbocycles. The molecule has 5 rings (SSSR count). The Morgan fingerprint density at radius 2 is 1.80 bits per heavy atom. The zero-order valence-electron chi connectivity index (χ0n) is 19.4. The average Bonchev–Trinajstić information content (AvgIpc) is 3.06. The third kappa shape index (κ3) is 3.33. The molecule has 4 fully saturated rings. The number of carbonyl (C=O) groups excluding carboxylic acids is 1. The van der Waals surface area contributed by atoms with Crippen molar-refractivity contribution in [2.24, 2.45) is 34.5 Å². The number of thioether (sulfide) groups is 2. The minimum absolute atomic E-state index is 0.114. The molecule has 0 aromatic heterocycles. The van der Waals surface area contributed by atoms with Gasteiger partial charge in [0.2, 0.25) is 0 Å². The lowest BCUT2D eigenvalue weighted by Crippen LogP contribution is -2.52. The van der Waals surface area contributed by atoms with Crippen LogP contribution in [-0.2, 0) is 9.53 Å². The van der Waals surface area contributed by atoms with E-state index in [2.05, 4.69) is 50.4 Å². The molecule has 2 nitrogen and oxygen atoms in total. The van der Waals surface area contributed by atoms with Crippen LogP contribution in [0.3, 0.4) is 0 Å². The number of carbonyl (C=O) groups is 1. The molecule has 0 N–H and O–H groups in total. The number of fused-ring (bicyclic) bond motifs is 5. The zero-order valence-corrected chi connectivity index (χ0v) is 21.0. The largest absolute Gasteiger partial charge is 0.462 e. The Hall–Kier alpha value is -0.0900. The second-order valence-corrected chi connectivity index (χ2v) is 14.8. The zero-order chi connectivity index (χ0) is 21.1. The number of hydrogen-bond donors (Lipinski definition) is 0. The van der Waals surface area contributed by atoms with Gasteiger partial charge in [-0.1, -0.05) is 25.5 Å². The summed E-state index contributed by atoms with van der Waals surface area (Å²) in [6.07, 6.45) is 14.3. The quantitative estimate of drug-likeness (QED) is 0.333. The van der Waals surface area contributed by atoms with Crippen molar-refractivity contribution >= 4 is 29.5 Å². The van der Waals surface area contributed by atoms with Crippen LogP contribution < -0.4 is 0 Å². The van der Waals surface area contributed by atoms with E-state index in [0.717, 1.165) is 36.5 Å². The van der Waals surface area contributed by atoms with Crippen molar-refractivity contribution < 1.29 is 9.53 Å². The summed E-state index contributed by atoms with van der Waals surface area (Å²) in [4.78, 5) is 11.5. The van der Waals surface area contributed by atoms with Gasteiger partial charge in [0.05, 0.1) is 4.08 Å². The predicted octanol–water partition coefficient (Wildman–Crippen LogP) is 7.08. The van der Waals surface area contributed by atoms with Gasteiger partial charge in [-0.05, 0) is 104 Å². The summed E-state index contributed by atoms with van der Waals surface area (Å²) in [5.41, 5.74) is 2.49. The fourth-order valence-corrected chi connectivity index (χ4v) is 12.3. The summed E-state index contributed by atoms with van der Waals surface area (Å²) in [7, 11) is 0. The number of esters is 1. The highest BCUT2D eigenvalue weighted by Crippen LogP contribution is 2.70. The van der Waals surface area contributed by atoms with Crippen molar-refractivity contribution in [3.63, 3.8) is 0 Å². The molecule has 168 valence electrons. The highest BCUT2D eigenvalue weighted by atomic mass is 32.2. The molecule has 0 aromatic carbocycles. The minimum atomic E-state index is -0.115. The predicted molar refractivity (Wildman–Crippen MR) is 129 cm³/mol. The minimum Gasteiger partial charge on any atom is -0.462 e. The molecule has 3 saturated carbocycles. The van der Waals surface area contributed by atoms with Gasteiger partial charge in [-0.3, -0.25) is 4.79 Å². The molecular weight excluding hydrogens is 408 g/mol. The van der Waals surface area contributed by atoms with Crippen LogP contribution >= 0.6 is 23.5 Å². The second-order valence-electron chi connectivity index (χ2n) is 11.5. The van der Waals surface area contributed by atoms with Crippen molar-refractivity contribution in [3.8, 4) is 0 Å². The summed E-state index contributed by atoms with van der Waals surface area (Å²) >= 11 is 4.56. The Balaban J connectivity index is 1.38. The molecule has 4 heteroatoms. The Morgan fingerprint density at radius 1 is 1.03 bits per heavy atom. The van der Waals surface area contributed by atoms with Crippen molar-refractivity contribution in [3.05, 3.63) is 11.6 Å². The van der Waals surface area contributed by atoms with Crippen LogP contribution in [0.2, 0.25) is 0 Å². The van der Waals surface area contributed by atoms with E-state index in [1.54, 1.807) is 12.5 Å². The molecule has 30 heavy (non-hydrogen) atoms. The van der Waals surface area contributed by atoms with Crippen LogP contribution in [0.1, 0.15) is 85.5 Å². The van der Waals surface area contributed by atoms with Crippen molar-refractivity contribution in [2.75, 3.05) is 11.5 Å². The molecule has 0 radical (unpaired) electrons. The van der Waals surface area contributed by atoms with E-state index in [0.29, 0.717) is 14.9 Å². The maximum atomic E-state index is 11.5. The van der Waals surface area contributed by atoms with E-state index in [1.165, 1.54) is 56.5 Å². The van der Waals surface area contributed by atoms with E-state index < -0.39 is 0 Å². The van der Waals surface area contributed by atoms with Gasteiger partial charge >= 0.3 is 5.97 Å². The third-order valence-electron chi connectivity index (χ3n) is 10.1. The Morgan fingerprint density at radius 3 is 2.53 bits per heavy atom. The van der Waals surface area contributed by atoms with Gasteiger partial charge in [-0.15, -0.1) is 23.5 Å². The van der Waals surface area contributed by atoms with Crippen LogP contribution in [0.5, 0.6) is 0 Å². The molecule has 5 aliphatic rings. The van der Waals surface area contributed by atoms with Gasteiger partial charge in [-0.25, -0.2) is 0 Å². The Kier molecular flexibility index (Phi) is 5.62. The summed E-state index contributed by atoms with van der Waals surface area (Å²) in [6, 6.07) is 0. The monoisotopic (exact) mass is 448 g/mol. The van der Waals surface area contributed by atoms with Gasteiger partial charge in [0.25, 0.3) is 0 Å². The lowest BCUT2D eigenvalue weighted by Gasteiger charge is -2.59. The molecule has 0 aromatic rings. The number of hydrogen-bond acceptors (Lipinski definition) is 4. The van der Waals surface area contributed by atoms with Crippen LogP contribution in [0.4, 0.5) is 0 Å². The maximum Gasteiger partial charge on any atom is 0.302 e. The molecule has 4 unspecified atom stereocenters. The maximum absolute atomic E-state index is 11.5. The molecule has 7 atom stereocenters. The Bertz CT molecular complexity index is 727. The molecule has 1 aliphatic heterocycles. The van der Waals surface area contributed by atoms with E-state index in [4.69, 9.17) is 4.74 Å². The normalized spacial score (nSPS) is 47.5. The standard InChI is InChI=1S/C26H40O2S2/c1-17(27)28-19-10-12-24(2)18(16-19)6-7-20-21-8-9-23(25(21,3)13-11-22(20)24)26(4)29-14-5-15-30-26/h6,19-23H,5,7-16H2,1-4H3/t19-,20?,21?,22?,23?,24+,25+/m1/s1. The number of allylic oxidation sites excluding steroid dienone is 1. The molecule has 1 saturated heterocycles. The SMILES string of the molecule is CC(=O)O[C@@H]1CC[C@@]2(C)C(=CCC3C4CCC(C5(C)SCCCS5)[C@@]4(C)CCC32)C1. The van der Waals surface area contributed by atoms with Gasteiger partial charge in [0.15, 0.2) is 0 Å². The van der Waals surface area contributed by atoms with Crippen LogP contribution in [0.15, 0.2) is 11.6 Å². The molecule has 0 bridgehead atoms. The lowest BCUT2D eigenvalue weighted by atomic mass is 9.47. The summed E-state index contributed by atoms with van der Waals surface area (Å²) in [5, 5.41) is 0. The van der Waals surface area contributed by atoms with Gasteiger partial charge < -0.3 is 4.74 Å². The third-order valence-corrected chi connectivity index (χ3v) is 13.5. The van der Waals surface area contributed by atoms with Crippen molar-refractivity contribution in [2.45, 2.75) is 95.7 Å². The van der Waals surface area contributed by atoms with Crippen LogP contribution in [-0.4, -0.2) is 27.7 Å². The summed E-state index contributed by atoms with van der Waals surface area (Å²) in [5.74, 6) is 6.10. The van der Waals surface area contributed by atoms with Gasteiger partial charge in [-0.2, -0.15) is 0 Å². The topological polar surface area (TPSA) is 26.3 Å². The fraction of sp³-hybridized carbons (Fsp3) is 0.885. The van der Waals surface area contributed by atoms with E-state index in [9.17, 15) is 4.79 Å². The molecule has 1 heterocycles. The van der Waals surface area contributed by atoms with E-state index >= 15 is 0 Å². The van der Waals surface area contributed by atoms with Crippen LogP contribution in [0, 0.1) is 34.5 Å². The first-order chi connectivity index (χ1) is 14.3. The summed E-state index contributed by atoms with van der Waals surface area (Å²) in [6.45, 7) is 9.39. The van der Waals surface area contributed by atoms with Crippen LogP contribution in [0.25, 0.3) is 0 Å². The van der Waals surface area contributed by atoms with Crippen molar-refractivity contribution in [1.82, 2.24) is 0 Å². The fourth-order valence-electron chi connectivity index (χ4n) is 8.68. The highest BCUT2D eigenvalue weighted by Gasteiger charge is 2.61. The highest BCUT2D eigenvalue weighted by molar-refractivity contribution is 8.18. The average molecular weight is 449 g/mol. The number of rotatable bonds is 2. The Labute approximate surface area is 192 Å². The van der Waals surface area contributed by atoms with E-state index in [-0.39, 0.29) is 12.1 Å². The van der Waals surface area contributed by atoms with Gasteiger partial charge in [0.1, 0.15) is 6.10 Å². The first kappa shape index (κ1) is 21.7. The summed E-state index contributed by atoms with van der Waals surface area (Å²) < 4.78 is 6.06. The smallest absolute Gasteiger partial charge is 0.302 e. The first-order valence-corrected chi connectivity index (χ1v) is 14.4. The second kappa shape index (κ2) is 7.75.